The van der Waals surface area contributed by atoms with Crippen molar-refractivity contribution < 1.29 is 4.42 Å². The zero-order chi connectivity index (χ0) is 12.4. The first-order valence-electron chi connectivity index (χ1n) is 5.56. The van der Waals surface area contributed by atoms with Crippen molar-refractivity contribution in [3.05, 3.63) is 27.2 Å². The minimum absolute atomic E-state index is 0.516. The van der Waals surface area contributed by atoms with Crippen molar-refractivity contribution in [2.45, 2.75) is 26.7 Å². The third-order valence-corrected chi connectivity index (χ3v) is 3.69. The first-order valence-corrected chi connectivity index (χ1v) is 6.64. The predicted molar refractivity (Wildman–Crippen MR) is 75.6 cm³/mol. The lowest BCUT2D eigenvalue weighted by atomic mass is 10.3. The van der Waals surface area contributed by atoms with Crippen molar-refractivity contribution in [3.8, 4) is 11.6 Å². The molecular weight excluding hydrogens is 329 g/mol. The third-order valence-electron chi connectivity index (χ3n) is 2.51. The van der Waals surface area contributed by atoms with E-state index in [9.17, 15) is 0 Å². The second kappa shape index (κ2) is 5.03. The molecule has 2 heterocycles. The average molecular weight is 343 g/mol. The molecule has 0 radical (unpaired) electrons. The Labute approximate surface area is 114 Å². The number of nitrogen functional groups attached to an aromatic ring is 1. The van der Waals surface area contributed by atoms with Crippen LogP contribution in [0.25, 0.3) is 11.6 Å². The normalized spacial score (nSPS) is 10.8. The zero-order valence-electron chi connectivity index (χ0n) is 9.83. The Morgan fingerprint density at radius 1 is 1.24 bits per heavy atom. The van der Waals surface area contributed by atoms with Gasteiger partial charge in [-0.15, -0.1) is 0 Å². The Balaban J connectivity index is 2.48. The molecule has 2 aromatic rings. The molecule has 0 amide bonds. The van der Waals surface area contributed by atoms with Crippen LogP contribution in [-0.2, 0) is 12.8 Å². The van der Waals surface area contributed by atoms with Gasteiger partial charge < -0.3 is 10.2 Å². The minimum atomic E-state index is 0.516. The summed E-state index contributed by atoms with van der Waals surface area (Å²) in [4.78, 5) is 8.74. The van der Waals surface area contributed by atoms with E-state index < -0.39 is 0 Å². The highest BCUT2D eigenvalue weighted by Crippen LogP contribution is 2.24. The molecule has 0 atom stereocenters. The first-order chi connectivity index (χ1) is 8.15. The van der Waals surface area contributed by atoms with Crippen molar-refractivity contribution in [2.24, 2.45) is 0 Å². The fourth-order valence-corrected chi connectivity index (χ4v) is 2.17. The SMILES string of the molecule is CCc1ccc(-c2nc(N)c(I)c(CC)n2)o1. The summed E-state index contributed by atoms with van der Waals surface area (Å²) in [7, 11) is 0. The highest BCUT2D eigenvalue weighted by atomic mass is 127. The monoisotopic (exact) mass is 343 g/mol. The van der Waals surface area contributed by atoms with Gasteiger partial charge in [0.1, 0.15) is 11.6 Å². The van der Waals surface area contributed by atoms with Crippen LogP contribution < -0.4 is 5.73 Å². The van der Waals surface area contributed by atoms with E-state index in [1.807, 2.05) is 26.0 Å². The molecule has 0 aromatic carbocycles. The lowest BCUT2D eigenvalue weighted by Gasteiger charge is -2.05. The predicted octanol–water partition coefficient (Wildman–Crippen LogP) is 3.05. The summed E-state index contributed by atoms with van der Waals surface area (Å²) in [6.07, 6.45) is 1.69. The van der Waals surface area contributed by atoms with Crippen LogP contribution in [0.4, 0.5) is 5.82 Å². The van der Waals surface area contributed by atoms with Crippen LogP contribution in [0.1, 0.15) is 25.3 Å². The van der Waals surface area contributed by atoms with Gasteiger partial charge in [-0.05, 0) is 41.1 Å². The Morgan fingerprint density at radius 3 is 2.59 bits per heavy atom. The third kappa shape index (κ3) is 2.43. The Morgan fingerprint density at radius 2 is 2.00 bits per heavy atom. The van der Waals surface area contributed by atoms with Crippen molar-refractivity contribution in [2.75, 3.05) is 5.73 Å². The summed E-state index contributed by atoms with van der Waals surface area (Å²) in [6, 6.07) is 3.83. The van der Waals surface area contributed by atoms with Crippen LogP contribution in [-0.4, -0.2) is 9.97 Å². The molecule has 0 bridgehead atoms. The molecule has 4 nitrogen and oxygen atoms in total. The van der Waals surface area contributed by atoms with Crippen molar-refractivity contribution >= 4 is 28.4 Å². The van der Waals surface area contributed by atoms with Gasteiger partial charge in [0.15, 0.2) is 11.6 Å². The van der Waals surface area contributed by atoms with E-state index in [1.165, 1.54) is 0 Å². The number of aryl methyl sites for hydroxylation is 2. The number of nitrogens with two attached hydrogens (primary N) is 1. The fourth-order valence-electron chi connectivity index (χ4n) is 1.55. The number of nitrogens with zero attached hydrogens (tertiary/aromatic N) is 2. The number of furan rings is 1. The lowest BCUT2D eigenvalue weighted by Crippen LogP contribution is -2.03. The summed E-state index contributed by atoms with van der Waals surface area (Å²) in [5.74, 6) is 2.69. The topological polar surface area (TPSA) is 64.9 Å². The molecule has 0 spiro atoms. The summed E-state index contributed by atoms with van der Waals surface area (Å²) < 4.78 is 6.56. The highest BCUT2D eigenvalue weighted by molar-refractivity contribution is 14.1. The van der Waals surface area contributed by atoms with Gasteiger partial charge in [-0.3, -0.25) is 0 Å². The van der Waals surface area contributed by atoms with E-state index in [-0.39, 0.29) is 0 Å². The van der Waals surface area contributed by atoms with E-state index in [0.717, 1.165) is 27.9 Å². The maximum atomic E-state index is 5.87. The van der Waals surface area contributed by atoms with Gasteiger partial charge in [-0.1, -0.05) is 13.8 Å². The van der Waals surface area contributed by atoms with Crippen LogP contribution in [0, 0.1) is 3.57 Å². The zero-order valence-corrected chi connectivity index (χ0v) is 12.0. The molecule has 0 aliphatic rings. The van der Waals surface area contributed by atoms with Gasteiger partial charge in [0.05, 0.1) is 9.26 Å². The number of halogens is 1. The quantitative estimate of drug-likeness (QED) is 0.870. The highest BCUT2D eigenvalue weighted by Gasteiger charge is 2.12. The number of rotatable bonds is 3. The van der Waals surface area contributed by atoms with Crippen LogP contribution in [0.2, 0.25) is 0 Å². The second-order valence-corrected chi connectivity index (χ2v) is 4.74. The van der Waals surface area contributed by atoms with Crippen LogP contribution in [0.15, 0.2) is 16.5 Å². The summed E-state index contributed by atoms with van der Waals surface area (Å²) >= 11 is 2.17. The van der Waals surface area contributed by atoms with Gasteiger partial charge in [0.2, 0.25) is 0 Å². The van der Waals surface area contributed by atoms with E-state index >= 15 is 0 Å². The van der Waals surface area contributed by atoms with Crippen LogP contribution in [0.5, 0.6) is 0 Å². The molecule has 5 heteroatoms. The molecule has 0 fully saturated rings. The number of aromatic nitrogens is 2. The molecule has 2 rings (SSSR count). The largest absolute Gasteiger partial charge is 0.458 e. The Kier molecular flexibility index (Phi) is 3.66. The minimum Gasteiger partial charge on any atom is -0.458 e. The molecule has 0 saturated heterocycles. The van der Waals surface area contributed by atoms with Crippen LogP contribution in [0.3, 0.4) is 0 Å². The fraction of sp³-hybridized carbons (Fsp3) is 0.333. The van der Waals surface area contributed by atoms with Gasteiger partial charge in [-0.2, -0.15) is 0 Å². The van der Waals surface area contributed by atoms with Gasteiger partial charge in [0.25, 0.3) is 0 Å². The maximum absolute atomic E-state index is 5.87. The second-order valence-electron chi connectivity index (χ2n) is 3.67. The summed E-state index contributed by atoms with van der Waals surface area (Å²) in [5.41, 5.74) is 6.83. The number of hydrogen-bond donors (Lipinski definition) is 1. The molecule has 2 aromatic heterocycles. The molecule has 2 N–H and O–H groups in total. The van der Waals surface area contributed by atoms with Crippen molar-refractivity contribution in [1.82, 2.24) is 9.97 Å². The molecule has 0 aliphatic heterocycles. The van der Waals surface area contributed by atoms with E-state index in [2.05, 4.69) is 32.6 Å². The summed E-state index contributed by atoms with van der Waals surface area (Å²) in [6.45, 7) is 4.09. The summed E-state index contributed by atoms with van der Waals surface area (Å²) in [5, 5.41) is 0. The van der Waals surface area contributed by atoms with Gasteiger partial charge in [0, 0.05) is 6.42 Å². The Bertz CT molecular complexity index is 537. The average Bonchev–Trinajstić information content (AvgIpc) is 2.81. The Hall–Kier alpha value is -1.11. The van der Waals surface area contributed by atoms with E-state index in [0.29, 0.717) is 17.4 Å². The molecule has 17 heavy (non-hydrogen) atoms. The molecule has 0 saturated carbocycles. The van der Waals surface area contributed by atoms with Crippen molar-refractivity contribution in [1.29, 1.82) is 0 Å². The number of hydrogen-bond acceptors (Lipinski definition) is 4. The number of anilines is 1. The first kappa shape index (κ1) is 12.3. The maximum Gasteiger partial charge on any atom is 0.197 e. The van der Waals surface area contributed by atoms with Gasteiger partial charge in [-0.25, -0.2) is 9.97 Å². The van der Waals surface area contributed by atoms with Gasteiger partial charge >= 0.3 is 0 Å². The lowest BCUT2D eigenvalue weighted by molar-refractivity contribution is 0.525. The molecule has 0 aliphatic carbocycles. The molecular formula is C12H14IN3O. The van der Waals surface area contributed by atoms with E-state index in [1.54, 1.807) is 0 Å². The van der Waals surface area contributed by atoms with Crippen molar-refractivity contribution in [3.63, 3.8) is 0 Å². The standard InChI is InChI=1S/C12H14IN3O/c1-3-7-5-6-9(17-7)12-15-8(4-2)10(13)11(14)16-12/h5-6H,3-4H2,1-2H3,(H2,14,15,16). The smallest absolute Gasteiger partial charge is 0.197 e. The van der Waals surface area contributed by atoms with Crippen LogP contribution >= 0.6 is 22.6 Å². The molecule has 0 unspecified atom stereocenters. The molecule has 90 valence electrons. The van der Waals surface area contributed by atoms with E-state index in [4.69, 9.17) is 10.2 Å².